The van der Waals surface area contributed by atoms with Gasteiger partial charge in [-0.15, -0.1) is 0 Å². The highest BCUT2D eigenvalue weighted by Gasteiger charge is 2.25. The zero-order chi connectivity index (χ0) is 17.8. The number of nitrogens with zero attached hydrogens (tertiary/aromatic N) is 4. The van der Waals surface area contributed by atoms with Gasteiger partial charge in [0.15, 0.2) is 17.5 Å². The van der Waals surface area contributed by atoms with Gasteiger partial charge in [-0.2, -0.15) is 5.10 Å². The molecule has 0 bridgehead atoms. The molecule has 25 heavy (non-hydrogen) atoms. The van der Waals surface area contributed by atoms with E-state index in [9.17, 15) is 9.50 Å². The summed E-state index contributed by atoms with van der Waals surface area (Å²) in [7, 11) is 3.59. The first-order valence-electron chi connectivity index (χ1n) is 8.10. The summed E-state index contributed by atoms with van der Waals surface area (Å²) in [6.07, 6.45) is 3.69. The number of aromatic hydroxyl groups is 1. The molecule has 0 amide bonds. The van der Waals surface area contributed by atoms with Gasteiger partial charge in [-0.05, 0) is 17.7 Å². The van der Waals surface area contributed by atoms with E-state index in [2.05, 4.69) is 20.3 Å². The highest BCUT2D eigenvalue weighted by Crippen LogP contribution is 2.22. The first kappa shape index (κ1) is 17.2. The van der Waals surface area contributed by atoms with Gasteiger partial charge in [0.05, 0.1) is 19.3 Å². The Morgan fingerprint density at radius 1 is 1.52 bits per heavy atom. The predicted molar refractivity (Wildman–Crippen MR) is 91.7 cm³/mol. The predicted octanol–water partition coefficient (Wildman–Crippen LogP) is 1.41. The Labute approximate surface area is 145 Å². The van der Waals surface area contributed by atoms with Gasteiger partial charge in [0.2, 0.25) is 0 Å². The lowest BCUT2D eigenvalue weighted by Crippen LogP contribution is -2.47. The molecule has 134 valence electrons. The van der Waals surface area contributed by atoms with Crippen LogP contribution in [0.4, 0.5) is 4.39 Å². The van der Waals surface area contributed by atoms with Crippen LogP contribution >= 0.6 is 0 Å². The highest BCUT2D eigenvalue weighted by molar-refractivity contribution is 5.80. The van der Waals surface area contributed by atoms with Crippen LogP contribution in [0.5, 0.6) is 5.75 Å². The van der Waals surface area contributed by atoms with Gasteiger partial charge in [0.1, 0.15) is 6.10 Å². The minimum atomic E-state index is -0.627. The third-order valence-corrected chi connectivity index (χ3v) is 4.14. The smallest absolute Gasteiger partial charge is 0.194 e. The average molecular weight is 347 g/mol. The molecule has 1 aromatic heterocycles. The molecule has 1 aliphatic heterocycles. The van der Waals surface area contributed by atoms with Crippen LogP contribution in [0.25, 0.3) is 0 Å². The summed E-state index contributed by atoms with van der Waals surface area (Å²) in [4.78, 5) is 6.42. The molecule has 0 aliphatic carbocycles. The van der Waals surface area contributed by atoms with Crippen LogP contribution < -0.4 is 5.32 Å². The second-order valence-electron chi connectivity index (χ2n) is 5.94. The largest absolute Gasteiger partial charge is 0.505 e. The summed E-state index contributed by atoms with van der Waals surface area (Å²) in [5, 5.41) is 16.7. The minimum absolute atomic E-state index is 0.0629. The van der Waals surface area contributed by atoms with Crippen molar-refractivity contribution in [3.05, 3.63) is 47.5 Å². The standard InChI is InChI=1S/C17H22FN5O2/c1-19-17(20-8-12-3-4-15(24)14(18)7-12)23-5-6-25-16(11-23)13-9-21-22(2)10-13/h3-4,7,9-10,16,24H,5-6,8,11H2,1-2H3,(H,19,20). The molecule has 1 saturated heterocycles. The topological polar surface area (TPSA) is 74.9 Å². The Balaban J connectivity index is 1.63. The van der Waals surface area contributed by atoms with Gasteiger partial charge in [0.25, 0.3) is 0 Å². The van der Waals surface area contributed by atoms with E-state index in [4.69, 9.17) is 4.74 Å². The van der Waals surface area contributed by atoms with Crippen molar-refractivity contribution in [2.24, 2.45) is 12.0 Å². The van der Waals surface area contributed by atoms with E-state index in [1.54, 1.807) is 17.8 Å². The van der Waals surface area contributed by atoms with Crippen molar-refractivity contribution in [1.29, 1.82) is 0 Å². The fourth-order valence-electron chi connectivity index (χ4n) is 2.82. The number of rotatable bonds is 3. The lowest BCUT2D eigenvalue weighted by molar-refractivity contribution is -0.00805. The van der Waals surface area contributed by atoms with E-state index >= 15 is 0 Å². The van der Waals surface area contributed by atoms with Gasteiger partial charge in [-0.25, -0.2) is 4.39 Å². The van der Waals surface area contributed by atoms with Gasteiger partial charge in [-0.3, -0.25) is 9.67 Å². The minimum Gasteiger partial charge on any atom is -0.505 e. The molecule has 8 heteroatoms. The van der Waals surface area contributed by atoms with Crippen LogP contribution in [0, 0.1) is 5.82 Å². The quantitative estimate of drug-likeness (QED) is 0.649. The first-order valence-corrected chi connectivity index (χ1v) is 8.10. The number of phenols is 1. The number of phenolic OH excluding ortho intramolecular Hbond substituents is 1. The maximum atomic E-state index is 13.4. The van der Waals surface area contributed by atoms with Crippen LogP contribution in [0.3, 0.4) is 0 Å². The lowest BCUT2D eigenvalue weighted by atomic mass is 10.1. The molecule has 2 heterocycles. The van der Waals surface area contributed by atoms with Crippen molar-refractivity contribution in [3.8, 4) is 5.75 Å². The van der Waals surface area contributed by atoms with E-state index in [-0.39, 0.29) is 11.9 Å². The second kappa shape index (κ2) is 7.52. The van der Waals surface area contributed by atoms with Crippen molar-refractivity contribution < 1.29 is 14.2 Å². The number of guanidine groups is 1. The van der Waals surface area contributed by atoms with Gasteiger partial charge in [-0.1, -0.05) is 6.07 Å². The number of halogens is 1. The number of hydrogen-bond donors (Lipinski definition) is 2. The van der Waals surface area contributed by atoms with E-state index in [1.165, 1.54) is 12.1 Å². The SMILES string of the molecule is CN=C(NCc1ccc(O)c(F)c1)N1CCOC(c2cnn(C)c2)C1. The summed E-state index contributed by atoms with van der Waals surface area (Å²) >= 11 is 0. The number of benzene rings is 1. The molecule has 0 spiro atoms. The third kappa shape index (κ3) is 4.08. The third-order valence-electron chi connectivity index (χ3n) is 4.14. The molecule has 2 aromatic rings. The van der Waals surface area contributed by atoms with Crippen molar-refractivity contribution in [1.82, 2.24) is 20.0 Å². The van der Waals surface area contributed by atoms with Crippen molar-refractivity contribution in [2.75, 3.05) is 26.7 Å². The van der Waals surface area contributed by atoms with E-state index in [0.29, 0.717) is 19.7 Å². The number of aryl methyl sites for hydroxylation is 1. The van der Waals surface area contributed by atoms with Crippen LogP contribution in [0.15, 0.2) is 35.6 Å². The molecule has 1 aliphatic rings. The highest BCUT2D eigenvalue weighted by atomic mass is 19.1. The number of aliphatic imine (C=N–C) groups is 1. The van der Waals surface area contributed by atoms with Crippen LogP contribution in [0.2, 0.25) is 0 Å². The van der Waals surface area contributed by atoms with Crippen molar-refractivity contribution in [3.63, 3.8) is 0 Å². The summed E-state index contributed by atoms with van der Waals surface area (Å²) in [5.41, 5.74) is 1.76. The summed E-state index contributed by atoms with van der Waals surface area (Å²) < 4.78 is 21.0. The van der Waals surface area contributed by atoms with Crippen LogP contribution in [-0.4, -0.2) is 52.5 Å². The van der Waals surface area contributed by atoms with E-state index in [1.807, 2.05) is 19.4 Å². The Bertz CT molecular complexity index is 761. The molecule has 1 fully saturated rings. The maximum absolute atomic E-state index is 13.4. The molecule has 0 saturated carbocycles. The molecule has 2 N–H and O–H groups in total. The Kier molecular flexibility index (Phi) is 5.18. The second-order valence-corrected chi connectivity index (χ2v) is 5.94. The summed E-state index contributed by atoms with van der Waals surface area (Å²) in [5.74, 6) is -0.247. The number of hydrogen-bond acceptors (Lipinski definition) is 4. The number of aromatic nitrogens is 2. The van der Waals surface area contributed by atoms with E-state index < -0.39 is 5.82 Å². The molecule has 1 atom stereocenters. The Hall–Kier alpha value is -2.61. The Morgan fingerprint density at radius 3 is 3.04 bits per heavy atom. The lowest BCUT2D eigenvalue weighted by Gasteiger charge is -2.34. The molecule has 3 rings (SSSR count). The number of nitrogens with one attached hydrogen (secondary N) is 1. The van der Waals surface area contributed by atoms with Crippen LogP contribution in [0.1, 0.15) is 17.2 Å². The molecule has 7 nitrogen and oxygen atoms in total. The normalized spacial score (nSPS) is 18.4. The first-order chi connectivity index (χ1) is 12.1. The Morgan fingerprint density at radius 2 is 2.36 bits per heavy atom. The van der Waals surface area contributed by atoms with Crippen molar-refractivity contribution >= 4 is 5.96 Å². The number of morpholine rings is 1. The van der Waals surface area contributed by atoms with Crippen LogP contribution in [-0.2, 0) is 18.3 Å². The maximum Gasteiger partial charge on any atom is 0.194 e. The fourth-order valence-corrected chi connectivity index (χ4v) is 2.82. The molecule has 0 radical (unpaired) electrons. The summed E-state index contributed by atoms with van der Waals surface area (Å²) in [6.45, 7) is 2.39. The van der Waals surface area contributed by atoms with E-state index in [0.717, 1.165) is 23.6 Å². The van der Waals surface area contributed by atoms with Gasteiger partial charge in [0, 0.05) is 38.9 Å². The van der Waals surface area contributed by atoms with Crippen molar-refractivity contribution in [2.45, 2.75) is 12.6 Å². The number of ether oxygens (including phenoxy) is 1. The average Bonchev–Trinajstić information content (AvgIpc) is 3.05. The fraction of sp³-hybridized carbons (Fsp3) is 0.412. The zero-order valence-corrected chi connectivity index (χ0v) is 14.3. The molecular formula is C17H22FN5O2. The van der Waals surface area contributed by atoms with Gasteiger partial charge < -0.3 is 20.1 Å². The monoisotopic (exact) mass is 347 g/mol. The summed E-state index contributed by atoms with van der Waals surface area (Å²) in [6, 6.07) is 4.34. The molecular weight excluding hydrogens is 325 g/mol. The zero-order valence-electron chi connectivity index (χ0n) is 14.3. The van der Waals surface area contributed by atoms with Gasteiger partial charge >= 0.3 is 0 Å². The molecule has 1 unspecified atom stereocenters. The molecule has 1 aromatic carbocycles.